The van der Waals surface area contributed by atoms with E-state index in [0.29, 0.717) is 0 Å². The highest BCUT2D eigenvalue weighted by molar-refractivity contribution is 7.26. The number of rotatable bonds is 3. The van der Waals surface area contributed by atoms with Crippen LogP contribution in [0.15, 0.2) is 188 Å². The van der Waals surface area contributed by atoms with Crippen LogP contribution in [0.5, 0.6) is 0 Å². The number of fused-ring (bicyclic) bond motifs is 20. The molecule has 0 radical (unpaired) electrons. The van der Waals surface area contributed by atoms with E-state index in [0.717, 1.165) is 0 Å². The van der Waals surface area contributed by atoms with Crippen LogP contribution in [0.3, 0.4) is 0 Å². The first-order valence-corrected chi connectivity index (χ1v) is 23.2. The van der Waals surface area contributed by atoms with E-state index in [2.05, 4.69) is 221 Å². The Morgan fingerprint density at radius 3 is 1.35 bits per heavy atom. The topological polar surface area (TPSA) is 3.24 Å². The largest absolute Gasteiger partial charge is 0.309 e. The number of anilines is 3. The predicted molar refractivity (Wildman–Crippen MR) is 265 cm³/mol. The molecule has 4 aliphatic carbocycles. The van der Waals surface area contributed by atoms with E-state index >= 15 is 0 Å². The molecule has 10 aromatic rings. The van der Waals surface area contributed by atoms with Gasteiger partial charge in [0, 0.05) is 37.7 Å². The van der Waals surface area contributed by atoms with Gasteiger partial charge in [0.25, 0.3) is 0 Å². The van der Waals surface area contributed by atoms with E-state index in [1.807, 2.05) is 11.3 Å². The Morgan fingerprint density at radius 2 is 0.810 bits per heavy atom. The van der Waals surface area contributed by atoms with E-state index < -0.39 is 0 Å². The Morgan fingerprint density at radius 1 is 0.365 bits per heavy atom. The summed E-state index contributed by atoms with van der Waals surface area (Å²) in [5, 5.41) is 2.67. The van der Waals surface area contributed by atoms with Gasteiger partial charge >= 0.3 is 0 Å². The van der Waals surface area contributed by atoms with Crippen molar-refractivity contribution in [1.82, 2.24) is 0 Å². The average molecular weight is 822 g/mol. The number of benzene rings is 9. The maximum atomic E-state index is 2.57. The minimum atomic E-state index is -0.380. The summed E-state index contributed by atoms with van der Waals surface area (Å²) in [6.07, 6.45) is 0. The number of thiophene rings is 1. The Hall–Kier alpha value is -7.00. The predicted octanol–water partition coefficient (Wildman–Crippen LogP) is 16.5. The molecule has 298 valence electrons. The van der Waals surface area contributed by atoms with Gasteiger partial charge in [-0.3, -0.25) is 0 Å². The fourth-order valence-corrected chi connectivity index (χ4v) is 13.9. The summed E-state index contributed by atoms with van der Waals surface area (Å²) in [5.41, 5.74) is 24.8. The molecule has 0 N–H and O–H groups in total. The maximum Gasteiger partial charge on any atom is 0.0725 e. The Balaban J connectivity index is 1.04. The van der Waals surface area contributed by atoms with Gasteiger partial charge in [-0.25, -0.2) is 0 Å². The monoisotopic (exact) mass is 821 g/mol. The zero-order valence-corrected chi connectivity index (χ0v) is 36.6. The fourth-order valence-electron chi connectivity index (χ4n) is 12.7. The lowest BCUT2D eigenvalue weighted by Crippen LogP contribution is -2.25. The van der Waals surface area contributed by atoms with Crippen LogP contribution in [0.25, 0.3) is 64.7 Å². The second kappa shape index (κ2) is 12.1. The van der Waals surface area contributed by atoms with Crippen LogP contribution in [0.4, 0.5) is 17.1 Å². The van der Waals surface area contributed by atoms with Crippen molar-refractivity contribution in [2.75, 3.05) is 4.90 Å². The summed E-state index contributed by atoms with van der Waals surface area (Å²) in [6, 6.07) is 71.8. The van der Waals surface area contributed by atoms with E-state index in [1.54, 1.807) is 0 Å². The molecule has 0 saturated carbocycles. The molecule has 0 atom stereocenters. The fraction of sp³-hybridized carbons (Fsp3) is 0.115. The molecule has 0 amide bonds. The SMILES string of the molecule is CC1(C)c2ccccc2-c2ccc(N(c3ccc4c(c3)C(C)(C)c3ccccc3-4)c3cccc4c3sc3ccc5c(c34)-c3ccccc3C53c4ccccc4-c4ccccc43)cc21. The molecular formula is C61H43NS. The zero-order chi connectivity index (χ0) is 42.0. The van der Waals surface area contributed by atoms with Crippen molar-refractivity contribution in [3.8, 4) is 44.5 Å². The lowest BCUT2D eigenvalue weighted by Gasteiger charge is -2.30. The minimum Gasteiger partial charge on any atom is -0.309 e. The van der Waals surface area contributed by atoms with Gasteiger partial charge in [-0.15, -0.1) is 11.3 Å². The van der Waals surface area contributed by atoms with Crippen molar-refractivity contribution >= 4 is 48.6 Å². The van der Waals surface area contributed by atoms with Gasteiger partial charge in [-0.05, 0) is 125 Å². The molecule has 0 unspecified atom stereocenters. The van der Waals surface area contributed by atoms with Crippen LogP contribution in [-0.2, 0) is 16.2 Å². The molecule has 0 aliphatic heterocycles. The van der Waals surface area contributed by atoms with E-state index in [1.165, 1.54) is 126 Å². The van der Waals surface area contributed by atoms with Gasteiger partial charge in [-0.1, -0.05) is 179 Å². The number of hydrogen-bond donors (Lipinski definition) is 0. The molecule has 4 aliphatic rings. The summed E-state index contributed by atoms with van der Waals surface area (Å²) in [6.45, 7) is 9.56. The first kappa shape index (κ1) is 35.6. The Bertz CT molecular complexity index is 3500. The summed E-state index contributed by atoms with van der Waals surface area (Å²) < 4.78 is 2.62. The van der Waals surface area contributed by atoms with Gasteiger partial charge in [0.15, 0.2) is 0 Å². The normalized spacial score (nSPS) is 15.7. The third kappa shape index (κ3) is 4.33. The Kier molecular flexibility index (Phi) is 6.85. The number of nitrogens with zero attached hydrogens (tertiary/aromatic N) is 1. The first-order valence-electron chi connectivity index (χ1n) is 22.3. The van der Waals surface area contributed by atoms with Crippen molar-refractivity contribution in [3.05, 3.63) is 233 Å². The first-order chi connectivity index (χ1) is 30.8. The van der Waals surface area contributed by atoms with Crippen molar-refractivity contribution < 1.29 is 0 Å². The van der Waals surface area contributed by atoms with Crippen LogP contribution in [0.2, 0.25) is 0 Å². The molecular weight excluding hydrogens is 779 g/mol. The highest BCUT2D eigenvalue weighted by Gasteiger charge is 2.52. The minimum absolute atomic E-state index is 0.125. The molecule has 14 rings (SSSR count). The molecule has 0 saturated heterocycles. The van der Waals surface area contributed by atoms with Gasteiger partial charge in [-0.2, -0.15) is 0 Å². The maximum absolute atomic E-state index is 2.57. The molecule has 0 bridgehead atoms. The summed E-state index contributed by atoms with van der Waals surface area (Å²) in [5.74, 6) is 0. The third-order valence-electron chi connectivity index (χ3n) is 15.5. The van der Waals surface area contributed by atoms with Crippen molar-refractivity contribution in [1.29, 1.82) is 0 Å². The van der Waals surface area contributed by atoms with E-state index in [4.69, 9.17) is 0 Å². The molecule has 9 aromatic carbocycles. The van der Waals surface area contributed by atoms with Crippen LogP contribution in [0, 0.1) is 0 Å². The van der Waals surface area contributed by atoms with Gasteiger partial charge in [0.2, 0.25) is 0 Å². The molecule has 1 nitrogen and oxygen atoms in total. The molecule has 63 heavy (non-hydrogen) atoms. The van der Waals surface area contributed by atoms with Crippen LogP contribution < -0.4 is 4.90 Å². The molecule has 0 fully saturated rings. The lowest BCUT2D eigenvalue weighted by atomic mass is 9.70. The molecule has 1 spiro atoms. The van der Waals surface area contributed by atoms with E-state index in [-0.39, 0.29) is 16.2 Å². The van der Waals surface area contributed by atoms with Crippen molar-refractivity contribution in [3.63, 3.8) is 0 Å². The second-order valence-corrected chi connectivity index (χ2v) is 20.2. The van der Waals surface area contributed by atoms with Crippen molar-refractivity contribution in [2.24, 2.45) is 0 Å². The lowest BCUT2D eigenvalue weighted by molar-refractivity contribution is 0.660. The Labute approximate surface area is 372 Å². The van der Waals surface area contributed by atoms with Gasteiger partial charge in [0.1, 0.15) is 0 Å². The molecule has 1 heterocycles. The number of hydrogen-bond acceptors (Lipinski definition) is 2. The zero-order valence-electron chi connectivity index (χ0n) is 35.8. The van der Waals surface area contributed by atoms with Gasteiger partial charge in [0.05, 0.1) is 15.8 Å². The summed E-state index contributed by atoms with van der Waals surface area (Å²) in [7, 11) is 0. The molecule has 2 heteroatoms. The van der Waals surface area contributed by atoms with Crippen LogP contribution >= 0.6 is 11.3 Å². The third-order valence-corrected chi connectivity index (χ3v) is 16.7. The second-order valence-electron chi connectivity index (χ2n) is 19.1. The van der Waals surface area contributed by atoms with Gasteiger partial charge < -0.3 is 4.90 Å². The molecule has 1 aromatic heterocycles. The van der Waals surface area contributed by atoms with Crippen LogP contribution in [-0.4, -0.2) is 0 Å². The summed E-state index contributed by atoms with van der Waals surface area (Å²) in [4.78, 5) is 2.57. The van der Waals surface area contributed by atoms with Crippen molar-refractivity contribution in [2.45, 2.75) is 43.9 Å². The highest BCUT2D eigenvalue weighted by Crippen LogP contribution is 2.65. The standard InChI is InChI=1S/C61H43NS/c1-59(2)46-22-10-5-16-38(46)42-30-28-36(34-52(42)59)62(37-29-31-43-39-17-6-11-23-47(39)60(3,4)53(43)35-37)54-27-15-21-45-57-55(63-58(45)54)33-32-51-56(57)44-20-9-14-26-50(44)61(51)48-24-12-7-18-40(48)41-19-8-13-25-49(41)61/h5-35H,1-4H3. The van der Waals surface area contributed by atoms with E-state index in [9.17, 15) is 0 Å². The quantitative estimate of drug-likeness (QED) is 0.172. The average Bonchev–Trinajstić information content (AvgIpc) is 4.06. The smallest absolute Gasteiger partial charge is 0.0725 e. The summed E-state index contributed by atoms with van der Waals surface area (Å²) >= 11 is 1.94. The van der Waals surface area contributed by atoms with Crippen LogP contribution in [0.1, 0.15) is 72.2 Å². The highest BCUT2D eigenvalue weighted by atomic mass is 32.1.